The Hall–Kier alpha value is -5.47. The Kier molecular flexibility index (Phi) is 9.99. The molecule has 0 bridgehead atoms. The summed E-state index contributed by atoms with van der Waals surface area (Å²) in [6.07, 6.45) is 0.828. The van der Waals surface area contributed by atoms with Crippen LogP contribution in [0.3, 0.4) is 0 Å². The van der Waals surface area contributed by atoms with Gasteiger partial charge in [0.2, 0.25) is 0 Å². The number of hydrogen-bond donors (Lipinski definition) is 1. The molecule has 0 aliphatic carbocycles. The monoisotopic (exact) mass is 815 g/mol. The molecule has 2 aromatic carbocycles. The molecule has 3 aromatic heterocycles. The van der Waals surface area contributed by atoms with E-state index in [-0.39, 0.29) is 55.8 Å². The number of aromatic nitrogens is 4. The highest BCUT2D eigenvalue weighted by molar-refractivity contribution is 7.23. The van der Waals surface area contributed by atoms with E-state index in [2.05, 4.69) is 26.4 Å². The Morgan fingerprint density at radius 3 is 2.67 bits per heavy atom. The van der Waals surface area contributed by atoms with Crippen molar-refractivity contribution >= 4 is 55.1 Å². The number of amides is 2. The predicted molar refractivity (Wildman–Crippen MR) is 214 cm³/mol. The summed E-state index contributed by atoms with van der Waals surface area (Å²) in [5, 5.41) is 18.1. The van der Waals surface area contributed by atoms with Gasteiger partial charge in [0, 0.05) is 56.5 Å². The third-order valence-corrected chi connectivity index (χ3v) is 12.2. The average molecular weight is 816 g/mol. The number of alkyl halides is 1. The molecule has 2 atom stereocenters. The summed E-state index contributed by atoms with van der Waals surface area (Å²) in [5.74, 6) is -1.20. The molecule has 58 heavy (non-hydrogen) atoms. The van der Waals surface area contributed by atoms with Crippen LogP contribution in [0.25, 0.3) is 32.1 Å². The Morgan fingerprint density at radius 2 is 1.93 bits per heavy atom. The van der Waals surface area contributed by atoms with Crippen molar-refractivity contribution in [2.75, 3.05) is 50.6 Å². The lowest BCUT2D eigenvalue weighted by molar-refractivity contribution is 0.0636. The van der Waals surface area contributed by atoms with E-state index < -0.39 is 35.0 Å². The van der Waals surface area contributed by atoms with Gasteiger partial charge in [0.25, 0.3) is 5.91 Å². The Labute approximate surface area is 337 Å². The molecule has 2 amide bonds. The van der Waals surface area contributed by atoms with Crippen LogP contribution in [0.15, 0.2) is 24.3 Å². The topological polar surface area (TPSA) is 142 Å². The van der Waals surface area contributed by atoms with E-state index in [0.29, 0.717) is 61.5 Å². The molecular formula is C41H44F3N9O4S. The summed E-state index contributed by atoms with van der Waals surface area (Å²) < 4.78 is 61.4. The highest BCUT2D eigenvalue weighted by atomic mass is 32.1. The number of hydrogen-bond acceptors (Lipinski definition) is 11. The molecular weight excluding hydrogens is 772 g/mol. The third-order valence-electron chi connectivity index (χ3n) is 11.0. The number of anilines is 2. The number of benzene rings is 2. The number of carbonyl (C=O) groups excluding carboxylic acids is 2. The largest absolute Gasteiger partial charge is 0.461 e. The highest BCUT2D eigenvalue weighted by Crippen LogP contribution is 2.46. The number of thiophene rings is 1. The molecule has 6 heterocycles. The molecule has 13 nitrogen and oxygen atoms in total. The molecule has 0 saturated carbocycles. The van der Waals surface area contributed by atoms with Crippen LogP contribution >= 0.6 is 11.3 Å². The summed E-state index contributed by atoms with van der Waals surface area (Å²) in [7, 11) is 3.33. The first-order valence-electron chi connectivity index (χ1n) is 19.3. The smallest absolute Gasteiger partial charge is 0.412 e. The summed E-state index contributed by atoms with van der Waals surface area (Å²) >= 11 is 0.859. The first-order valence-corrected chi connectivity index (χ1v) is 20.1. The van der Waals surface area contributed by atoms with Gasteiger partial charge in [-0.3, -0.25) is 19.7 Å². The van der Waals surface area contributed by atoms with Gasteiger partial charge in [-0.25, -0.2) is 18.0 Å². The number of nitrogens with zero attached hydrogens (tertiary/aromatic N) is 8. The second kappa shape index (κ2) is 14.7. The van der Waals surface area contributed by atoms with Gasteiger partial charge in [0.1, 0.15) is 46.6 Å². The fourth-order valence-electron chi connectivity index (χ4n) is 8.55. The standard InChI is InChI=1S/C41H44F3N9O4S/c1-22-15-26-33(32(44)30(22)25-9-10-28(43)34-31(25)27(18-45)36(58-34)48-39(55)57-40(2,3)4)46-38(56-21-41-11-7-13-52(41)19-23(42)17-41)47-35(26)51-12-8-14-53-24(20-51)16-29(49-53)37(54)50(5)6/h9-10,15-16,23H,7-8,11-14,17,19-21H2,1-6H3,(H,48,55)/t23-,41+/m1/s1. The molecule has 2 fully saturated rings. The Balaban J connectivity index is 1.26. The fraction of sp³-hybridized carbons (Fsp3) is 0.463. The van der Waals surface area contributed by atoms with E-state index in [0.717, 1.165) is 36.4 Å². The van der Waals surface area contributed by atoms with E-state index >= 15 is 8.78 Å². The van der Waals surface area contributed by atoms with E-state index in [1.54, 1.807) is 53.9 Å². The molecule has 0 spiro atoms. The summed E-state index contributed by atoms with van der Waals surface area (Å²) in [4.78, 5) is 40.7. The van der Waals surface area contributed by atoms with Crippen molar-refractivity contribution in [2.45, 2.75) is 83.8 Å². The molecule has 304 valence electrons. The zero-order chi connectivity index (χ0) is 41.3. The summed E-state index contributed by atoms with van der Waals surface area (Å²) in [6, 6.07) is 8.16. The lowest BCUT2D eigenvalue weighted by atomic mass is 9.93. The number of ether oxygens (including phenoxy) is 2. The van der Waals surface area contributed by atoms with Crippen LogP contribution in [-0.2, 0) is 17.8 Å². The van der Waals surface area contributed by atoms with Gasteiger partial charge in [-0.05, 0) is 82.8 Å². The SMILES string of the molecule is Cc1cc2c(N3CCCn4nc(C(=O)N(C)C)cc4C3)nc(OC[C@@]34CCCN3C[C@H](F)C4)nc2c(F)c1-c1ccc(F)c2sc(NC(=O)OC(C)(C)C)c(C#N)c12. The van der Waals surface area contributed by atoms with Crippen LogP contribution in [-0.4, -0.2) is 99.2 Å². The zero-order valence-electron chi connectivity index (χ0n) is 33.2. The van der Waals surface area contributed by atoms with E-state index in [4.69, 9.17) is 14.5 Å². The first-order chi connectivity index (χ1) is 27.6. The quantitative estimate of drug-likeness (QED) is 0.175. The molecule has 17 heteroatoms. The van der Waals surface area contributed by atoms with Crippen molar-refractivity contribution in [3.8, 4) is 23.2 Å². The minimum Gasteiger partial charge on any atom is -0.461 e. The predicted octanol–water partition coefficient (Wildman–Crippen LogP) is 7.58. The van der Waals surface area contributed by atoms with Crippen molar-refractivity contribution in [3.63, 3.8) is 0 Å². The van der Waals surface area contributed by atoms with Gasteiger partial charge < -0.3 is 19.3 Å². The number of aryl methyl sites for hydroxylation is 2. The van der Waals surface area contributed by atoms with Crippen molar-refractivity contribution in [1.29, 1.82) is 5.26 Å². The molecule has 5 aromatic rings. The van der Waals surface area contributed by atoms with Gasteiger partial charge in [-0.2, -0.15) is 20.3 Å². The van der Waals surface area contributed by atoms with Gasteiger partial charge in [0.15, 0.2) is 11.5 Å². The normalized spacial score (nSPS) is 19.5. The van der Waals surface area contributed by atoms with Crippen LogP contribution in [0.1, 0.15) is 73.8 Å². The molecule has 3 aliphatic rings. The van der Waals surface area contributed by atoms with Crippen LogP contribution in [0.4, 0.5) is 28.8 Å². The van der Waals surface area contributed by atoms with Gasteiger partial charge in [-0.1, -0.05) is 6.07 Å². The molecule has 3 aliphatic heterocycles. The van der Waals surface area contributed by atoms with Crippen LogP contribution in [0, 0.1) is 29.9 Å². The second-order valence-corrected chi connectivity index (χ2v) is 17.6. The fourth-order valence-corrected chi connectivity index (χ4v) is 9.62. The maximum Gasteiger partial charge on any atom is 0.412 e. The van der Waals surface area contributed by atoms with Gasteiger partial charge >= 0.3 is 12.1 Å². The summed E-state index contributed by atoms with van der Waals surface area (Å²) in [6.45, 7) is 9.38. The molecule has 0 radical (unpaired) electrons. The van der Waals surface area contributed by atoms with E-state index in [1.165, 1.54) is 17.0 Å². The highest BCUT2D eigenvalue weighted by Gasteiger charge is 2.49. The minimum absolute atomic E-state index is 0.0388. The summed E-state index contributed by atoms with van der Waals surface area (Å²) in [5.41, 5.74) is 0.430. The molecule has 8 rings (SSSR count). The maximum atomic E-state index is 17.6. The van der Waals surface area contributed by atoms with E-state index in [9.17, 15) is 19.2 Å². The minimum atomic E-state index is -0.978. The van der Waals surface area contributed by atoms with E-state index in [1.807, 2.05) is 9.58 Å². The Bertz CT molecular complexity index is 2530. The molecule has 2 saturated heterocycles. The maximum absolute atomic E-state index is 17.6. The Morgan fingerprint density at radius 1 is 1.14 bits per heavy atom. The second-order valence-electron chi connectivity index (χ2n) is 16.5. The van der Waals surface area contributed by atoms with Crippen LogP contribution < -0.4 is 15.0 Å². The van der Waals surface area contributed by atoms with Crippen molar-refractivity contribution < 1.29 is 32.2 Å². The van der Waals surface area contributed by atoms with Crippen LogP contribution in [0.5, 0.6) is 6.01 Å². The molecule has 0 unspecified atom stereocenters. The van der Waals surface area contributed by atoms with Crippen molar-refractivity contribution in [1.82, 2.24) is 29.5 Å². The third kappa shape index (κ3) is 7.06. The first kappa shape index (κ1) is 39.4. The lowest BCUT2D eigenvalue weighted by Gasteiger charge is -2.31. The zero-order valence-corrected chi connectivity index (χ0v) is 34.0. The number of carbonyl (C=O) groups is 2. The van der Waals surface area contributed by atoms with Gasteiger partial charge in [-0.15, -0.1) is 11.3 Å². The van der Waals surface area contributed by atoms with Crippen LogP contribution in [0.2, 0.25) is 0 Å². The number of halogens is 3. The lowest BCUT2D eigenvalue weighted by Crippen LogP contribution is -2.43. The number of fused-ring (bicyclic) bond motifs is 4. The number of nitrogens with one attached hydrogen (secondary N) is 1. The van der Waals surface area contributed by atoms with Crippen molar-refractivity contribution in [3.05, 3.63) is 58.4 Å². The average Bonchev–Trinajstić information content (AvgIpc) is 3.88. The number of nitriles is 1. The number of rotatable bonds is 7. The van der Waals surface area contributed by atoms with Gasteiger partial charge in [0.05, 0.1) is 28.0 Å². The molecule has 1 N–H and O–H groups in total. The van der Waals surface area contributed by atoms with Crippen molar-refractivity contribution in [2.24, 2.45) is 0 Å².